The molecule has 3 nitrogen and oxygen atoms in total. The van der Waals surface area contributed by atoms with Crippen LogP contribution in [0.5, 0.6) is 0 Å². The molecule has 1 aliphatic heterocycles. The minimum atomic E-state index is -0.376. The maximum atomic E-state index is 11.7. The molecule has 0 N–H and O–H groups in total. The lowest BCUT2D eigenvalue weighted by atomic mass is 9.46. The lowest BCUT2D eigenvalue weighted by Crippen LogP contribution is -2.53. The minimum absolute atomic E-state index is 0.0713. The van der Waals surface area contributed by atoms with Gasteiger partial charge in [-0.1, -0.05) is 86.2 Å². The summed E-state index contributed by atoms with van der Waals surface area (Å²) >= 11 is 0. The molecule has 0 bridgehead atoms. The monoisotopic (exact) mass is 552 g/mol. The van der Waals surface area contributed by atoms with Gasteiger partial charge in [0.05, 0.1) is 5.60 Å². The molecule has 0 spiro atoms. The molecule has 3 saturated carbocycles. The fraction of sp³-hybridized carbons (Fsp3) is 0.605. The second-order valence-electron chi connectivity index (χ2n) is 14.9. The Morgan fingerprint density at radius 2 is 1.49 bits per heavy atom. The summed E-state index contributed by atoms with van der Waals surface area (Å²) in [7, 11) is 0. The van der Waals surface area contributed by atoms with Gasteiger partial charge in [-0.25, -0.2) is 0 Å². The van der Waals surface area contributed by atoms with E-state index in [1.807, 2.05) is 0 Å². The molecule has 0 aromatic heterocycles. The molecule has 4 aliphatic carbocycles. The number of benzene rings is 2. The number of ether oxygens (including phenoxy) is 2. The molecule has 5 aliphatic rings. The van der Waals surface area contributed by atoms with Gasteiger partial charge in [-0.05, 0) is 110 Å². The second-order valence-corrected chi connectivity index (χ2v) is 14.9. The van der Waals surface area contributed by atoms with Crippen LogP contribution in [0.3, 0.4) is 0 Å². The van der Waals surface area contributed by atoms with E-state index in [2.05, 4.69) is 87.5 Å². The first-order valence-electron chi connectivity index (χ1n) is 16.4. The quantitative estimate of drug-likeness (QED) is 0.280. The van der Waals surface area contributed by atoms with E-state index in [0.717, 1.165) is 49.9 Å². The van der Waals surface area contributed by atoms with Gasteiger partial charge in [-0.2, -0.15) is 0 Å². The van der Waals surface area contributed by atoms with Crippen molar-refractivity contribution in [3.8, 4) is 0 Å². The fourth-order valence-corrected chi connectivity index (χ4v) is 11.1. The predicted molar refractivity (Wildman–Crippen MR) is 163 cm³/mol. The highest BCUT2D eigenvalue weighted by molar-refractivity contribution is 5.66. The van der Waals surface area contributed by atoms with Crippen LogP contribution in [0, 0.1) is 34.5 Å². The van der Waals surface area contributed by atoms with Gasteiger partial charge in [0.25, 0.3) is 0 Å². The zero-order valence-corrected chi connectivity index (χ0v) is 25.5. The number of fused-ring (bicyclic) bond motifs is 5. The van der Waals surface area contributed by atoms with E-state index in [1.54, 1.807) is 12.5 Å². The van der Waals surface area contributed by atoms with Crippen LogP contribution in [0.2, 0.25) is 0 Å². The van der Waals surface area contributed by atoms with Gasteiger partial charge in [0.2, 0.25) is 0 Å². The van der Waals surface area contributed by atoms with Crippen LogP contribution in [0.4, 0.5) is 0 Å². The Hall–Kier alpha value is -2.39. The van der Waals surface area contributed by atoms with Gasteiger partial charge in [-0.15, -0.1) is 0 Å². The molecule has 2 aromatic carbocycles. The highest BCUT2D eigenvalue weighted by Crippen LogP contribution is 2.69. The van der Waals surface area contributed by atoms with Crippen molar-refractivity contribution in [3.63, 3.8) is 0 Å². The Balaban J connectivity index is 1.17. The average Bonchev–Trinajstić information content (AvgIpc) is 3.53. The van der Waals surface area contributed by atoms with Crippen molar-refractivity contribution in [2.75, 3.05) is 0 Å². The number of carbonyl (C=O) groups excluding carboxylic acids is 1. The van der Waals surface area contributed by atoms with E-state index in [0.29, 0.717) is 11.3 Å². The fourth-order valence-electron chi connectivity index (χ4n) is 11.1. The van der Waals surface area contributed by atoms with Gasteiger partial charge >= 0.3 is 5.97 Å². The normalized spacial score (nSPS) is 41.1. The van der Waals surface area contributed by atoms with E-state index < -0.39 is 0 Å². The summed E-state index contributed by atoms with van der Waals surface area (Å²) in [6, 6.07) is 22.0. The lowest BCUT2D eigenvalue weighted by molar-refractivity contribution is -0.153. The number of allylic oxidation sites excluding steroid dienone is 1. The van der Waals surface area contributed by atoms with E-state index in [-0.39, 0.29) is 28.7 Å². The number of esters is 1. The van der Waals surface area contributed by atoms with Crippen LogP contribution in [0.25, 0.3) is 0 Å². The molecule has 0 amide bonds. The van der Waals surface area contributed by atoms with Crippen molar-refractivity contribution in [1.82, 2.24) is 0 Å². The van der Waals surface area contributed by atoms with E-state index in [4.69, 9.17) is 9.47 Å². The van der Waals surface area contributed by atoms with Crippen molar-refractivity contribution in [3.05, 3.63) is 83.4 Å². The summed E-state index contributed by atoms with van der Waals surface area (Å²) in [5.41, 5.74) is 4.24. The van der Waals surface area contributed by atoms with Crippen LogP contribution >= 0.6 is 0 Å². The third-order valence-corrected chi connectivity index (χ3v) is 13.0. The van der Waals surface area contributed by atoms with Crippen LogP contribution in [0.15, 0.2) is 72.3 Å². The van der Waals surface area contributed by atoms with Gasteiger partial charge in [0.15, 0.2) is 0 Å². The number of carbonyl (C=O) groups is 1. The van der Waals surface area contributed by atoms with E-state index in [1.165, 1.54) is 43.2 Å². The Labute approximate surface area is 247 Å². The van der Waals surface area contributed by atoms with Crippen LogP contribution in [-0.4, -0.2) is 17.7 Å². The van der Waals surface area contributed by atoms with Crippen molar-refractivity contribution in [1.29, 1.82) is 0 Å². The van der Waals surface area contributed by atoms with Crippen LogP contribution in [-0.2, 0) is 19.9 Å². The molecule has 1 saturated heterocycles. The Kier molecular flexibility index (Phi) is 6.58. The molecule has 0 radical (unpaired) electrons. The number of rotatable bonds is 4. The first-order chi connectivity index (χ1) is 19.7. The van der Waals surface area contributed by atoms with Crippen molar-refractivity contribution in [2.45, 2.75) is 109 Å². The van der Waals surface area contributed by atoms with E-state index >= 15 is 0 Å². The molecule has 1 heterocycles. The molecule has 218 valence electrons. The summed E-state index contributed by atoms with van der Waals surface area (Å²) in [5, 5.41) is 0. The predicted octanol–water partition coefficient (Wildman–Crippen LogP) is 9.01. The van der Waals surface area contributed by atoms with Gasteiger partial charge in [0, 0.05) is 13.3 Å². The van der Waals surface area contributed by atoms with Crippen molar-refractivity contribution < 1.29 is 14.3 Å². The van der Waals surface area contributed by atoms with Crippen LogP contribution < -0.4 is 0 Å². The summed E-state index contributed by atoms with van der Waals surface area (Å²) in [6.07, 6.45) is 14.3. The topological polar surface area (TPSA) is 35.5 Å². The maximum Gasteiger partial charge on any atom is 0.302 e. The largest absolute Gasteiger partial charge is 0.462 e. The van der Waals surface area contributed by atoms with Crippen molar-refractivity contribution in [2.24, 2.45) is 34.5 Å². The number of hydrogen-bond acceptors (Lipinski definition) is 3. The first kappa shape index (κ1) is 27.4. The summed E-state index contributed by atoms with van der Waals surface area (Å²) in [6.45, 7) is 9.20. The van der Waals surface area contributed by atoms with Gasteiger partial charge in [0.1, 0.15) is 11.7 Å². The lowest BCUT2D eigenvalue weighted by Gasteiger charge is -2.59. The third kappa shape index (κ3) is 4.20. The van der Waals surface area contributed by atoms with Gasteiger partial charge < -0.3 is 9.47 Å². The Morgan fingerprint density at radius 1 is 0.805 bits per heavy atom. The highest BCUT2D eigenvalue weighted by Gasteiger charge is 2.64. The zero-order chi connectivity index (χ0) is 28.5. The molecule has 3 heteroatoms. The van der Waals surface area contributed by atoms with E-state index in [9.17, 15) is 4.79 Å². The summed E-state index contributed by atoms with van der Waals surface area (Å²) in [5.74, 6) is 2.71. The number of hydrogen-bond donors (Lipinski definition) is 0. The average molecular weight is 553 g/mol. The highest BCUT2D eigenvalue weighted by atomic mass is 16.5. The molecule has 8 atom stereocenters. The zero-order valence-electron chi connectivity index (χ0n) is 25.5. The molecule has 0 unspecified atom stereocenters. The minimum Gasteiger partial charge on any atom is -0.462 e. The first-order valence-corrected chi connectivity index (χ1v) is 16.4. The third-order valence-electron chi connectivity index (χ3n) is 13.0. The smallest absolute Gasteiger partial charge is 0.302 e. The van der Waals surface area contributed by atoms with Crippen molar-refractivity contribution >= 4 is 5.97 Å². The maximum absolute atomic E-state index is 11.7. The molecule has 41 heavy (non-hydrogen) atoms. The molecule has 7 rings (SSSR count). The Morgan fingerprint density at radius 3 is 2.15 bits per heavy atom. The standard InChI is InChI=1S/C38H48O3/c1-26(39)40-30-19-21-35(2)29(25-30)15-16-31-32-17-18-34(36(32,3)22-20-33(31)35)37(4)23-24-38(41-37,27-11-7-5-8-12-27)28-13-9-6-10-14-28/h5-15,30-34H,16-25H2,1-4H3/t30-,31-,32-,33-,34-,35-,36-,37+/m0/s1. The molecule has 2 aromatic rings. The molecular formula is C38H48O3. The second kappa shape index (κ2) is 9.83. The van der Waals surface area contributed by atoms with Gasteiger partial charge in [-0.3, -0.25) is 4.79 Å². The Bertz CT molecular complexity index is 1280. The molecule has 4 fully saturated rings. The molecular weight excluding hydrogens is 504 g/mol. The summed E-state index contributed by atoms with van der Waals surface area (Å²) in [4.78, 5) is 11.7. The summed E-state index contributed by atoms with van der Waals surface area (Å²) < 4.78 is 13.2. The van der Waals surface area contributed by atoms with Crippen LogP contribution in [0.1, 0.15) is 103 Å². The SMILES string of the molecule is CC(=O)O[C@H]1CC[C@@]2(C)C(=CC[C@H]3[C@@H]4CC[C@H]([C@@]5(C)CCC(c6ccccc6)(c6ccccc6)O5)[C@@]4(C)CC[C@@H]32)C1.